The van der Waals surface area contributed by atoms with Crippen LogP contribution in [0.15, 0.2) is 53.4 Å². The van der Waals surface area contributed by atoms with E-state index in [4.69, 9.17) is 15.2 Å². The number of anilines is 1. The third-order valence-corrected chi connectivity index (χ3v) is 4.70. The van der Waals surface area contributed by atoms with Crippen LogP contribution in [0, 0.1) is 0 Å². The molecule has 0 heterocycles. The van der Waals surface area contributed by atoms with Crippen molar-refractivity contribution in [1.82, 2.24) is 5.32 Å². The van der Waals surface area contributed by atoms with E-state index in [2.05, 4.69) is 4.72 Å². The van der Waals surface area contributed by atoms with Gasteiger partial charge in [0.1, 0.15) is 5.75 Å². The average molecular weight is 407 g/mol. The van der Waals surface area contributed by atoms with Crippen molar-refractivity contribution in [3.05, 3.63) is 54.1 Å². The lowest BCUT2D eigenvalue weighted by Gasteiger charge is -2.10. The molecule has 0 radical (unpaired) electrons. The summed E-state index contributed by atoms with van der Waals surface area (Å²) < 4.78 is 37.1. The highest BCUT2D eigenvalue weighted by Crippen LogP contribution is 2.20. The van der Waals surface area contributed by atoms with Crippen LogP contribution in [-0.4, -0.2) is 40.0 Å². The van der Waals surface area contributed by atoms with E-state index >= 15 is 0 Å². The van der Waals surface area contributed by atoms with Gasteiger partial charge < -0.3 is 15.2 Å². The lowest BCUT2D eigenvalue weighted by molar-refractivity contribution is -0.123. The molecule has 11 heteroatoms. The van der Waals surface area contributed by atoms with Gasteiger partial charge in [0.15, 0.2) is 6.61 Å². The van der Waals surface area contributed by atoms with Gasteiger partial charge >= 0.3 is 12.0 Å². The minimum absolute atomic E-state index is 0.0931. The van der Waals surface area contributed by atoms with E-state index in [1.165, 1.54) is 37.4 Å². The van der Waals surface area contributed by atoms with Crippen LogP contribution in [0.4, 0.5) is 10.5 Å². The van der Waals surface area contributed by atoms with Crippen molar-refractivity contribution in [3.8, 4) is 5.75 Å². The summed E-state index contributed by atoms with van der Waals surface area (Å²) in [7, 11) is -2.49. The van der Waals surface area contributed by atoms with Crippen LogP contribution < -0.4 is 20.5 Å². The SMILES string of the molecule is COc1ccc(NS(=O)(=O)c2cccc(C(=O)OCC(=O)NC(N)=O)c2)cc1. The van der Waals surface area contributed by atoms with Crippen molar-refractivity contribution >= 4 is 33.6 Å². The van der Waals surface area contributed by atoms with Gasteiger partial charge in [-0.05, 0) is 42.5 Å². The number of esters is 1. The normalized spacial score (nSPS) is 10.6. The number of benzene rings is 2. The van der Waals surface area contributed by atoms with Gasteiger partial charge in [0, 0.05) is 5.69 Å². The predicted molar refractivity (Wildman–Crippen MR) is 98.3 cm³/mol. The summed E-state index contributed by atoms with van der Waals surface area (Å²) >= 11 is 0. The Bertz CT molecular complexity index is 988. The molecule has 2 rings (SSSR count). The first-order valence-corrected chi connectivity index (χ1v) is 9.23. The highest BCUT2D eigenvalue weighted by molar-refractivity contribution is 7.92. The number of primary amides is 1. The number of rotatable bonds is 7. The largest absolute Gasteiger partial charge is 0.497 e. The van der Waals surface area contributed by atoms with Crippen LogP contribution in [0.1, 0.15) is 10.4 Å². The molecule has 0 aromatic heterocycles. The smallest absolute Gasteiger partial charge is 0.338 e. The molecule has 28 heavy (non-hydrogen) atoms. The zero-order valence-corrected chi connectivity index (χ0v) is 15.5. The molecule has 10 nitrogen and oxygen atoms in total. The Balaban J connectivity index is 2.10. The summed E-state index contributed by atoms with van der Waals surface area (Å²) in [6.07, 6.45) is 0. The maximum Gasteiger partial charge on any atom is 0.338 e. The Morgan fingerprint density at radius 3 is 2.36 bits per heavy atom. The molecule has 2 aromatic carbocycles. The molecule has 0 saturated heterocycles. The van der Waals surface area contributed by atoms with E-state index < -0.39 is 34.5 Å². The third kappa shape index (κ3) is 5.71. The standard InChI is InChI=1S/C17H17N3O7S/c1-26-13-7-5-12(6-8-13)20-28(24,25)14-4-2-3-11(9-14)16(22)27-10-15(21)19-17(18)23/h2-9,20H,10H2,1H3,(H3,18,19,21,23). The molecule has 148 valence electrons. The van der Waals surface area contributed by atoms with E-state index in [9.17, 15) is 22.8 Å². The van der Waals surface area contributed by atoms with Gasteiger partial charge in [-0.25, -0.2) is 18.0 Å². The molecule has 0 saturated carbocycles. The second kappa shape index (κ2) is 8.86. The minimum atomic E-state index is -3.98. The average Bonchev–Trinajstić information content (AvgIpc) is 2.66. The van der Waals surface area contributed by atoms with Crippen molar-refractivity contribution in [2.24, 2.45) is 5.73 Å². The number of imide groups is 1. The first kappa shape index (κ1) is 20.7. The summed E-state index contributed by atoms with van der Waals surface area (Å²) in [6.45, 7) is -0.747. The number of nitrogens with two attached hydrogens (primary N) is 1. The van der Waals surface area contributed by atoms with Crippen LogP contribution in [0.25, 0.3) is 0 Å². The Labute approximate surface area is 160 Å². The van der Waals surface area contributed by atoms with Gasteiger partial charge in [-0.2, -0.15) is 0 Å². The second-order valence-electron chi connectivity index (χ2n) is 5.35. The number of sulfonamides is 1. The van der Waals surface area contributed by atoms with Gasteiger partial charge in [-0.1, -0.05) is 6.07 Å². The summed E-state index contributed by atoms with van der Waals surface area (Å²) in [4.78, 5) is 33.6. The molecule has 0 aliphatic rings. The van der Waals surface area contributed by atoms with Crippen LogP contribution in [0.2, 0.25) is 0 Å². The molecule has 0 fully saturated rings. The Morgan fingerprint density at radius 1 is 1.07 bits per heavy atom. The summed E-state index contributed by atoms with van der Waals surface area (Å²) in [5.41, 5.74) is 4.98. The highest BCUT2D eigenvalue weighted by Gasteiger charge is 2.18. The van der Waals surface area contributed by atoms with Crippen molar-refractivity contribution in [2.45, 2.75) is 4.90 Å². The molecule has 0 bridgehead atoms. The van der Waals surface area contributed by atoms with Crippen LogP contribution in [0.3, 0.4) is 0 Å². The number of carbonyl (C=O) groups is 3. The molecule has 0 unspecified atom stereocenters. The van der Waals surface area contributed by atoms with Crippen LogP contribution in [-0.2, 0) is 19.6 Å². The maximum absolute atomic E-state index is 12.5. The molecule has 2 aromatic rings. The quantitative estimate of drug-likeness (QED) is 0.575. The summed E-state index contributed by atoms with van der Waals surface area (Å²) in [5, 5.41) is 1.73. The van der Waals surface area contributed by atoms with E-state index in [0.717, 1.165) is 6.07 Å². The minimum Gasteiger partial charge on any atom is -0.497 e. The van der Waals surface area contributed by atoms with Crippen molar-refractivity contribution in [2.75, 3.05) is 18.4 Å². The summed E-state index contributed by atoms with van der Waals surface area (Å²) in [6, 6.07) is 10.2. The van der Waals surface area contributed by atoms with Crippen LogP contribution >= 0.6 is 0 Å². The first-order chi connectivity index (χ1) is 13.2. The number of hydrogen-bond acceptors (Lipinski definition) is 7. The van der Waals surface area contributed by atoms with Crippen molar-refractivity contribution in [3.63, 3.8) is 0 Å². The topological polar surface area (TPSA) is 154 Å². The van der Waals surface area contributed by atoms with E-state index in [-0.39, 0.29) is 10.5 Å². The monoisotopic (exact) mass is 407 g/mol. The number of carbonyl (C=O) groups excluding carboxylic acids is 3. The van der Waals surface area contributed by atoms with E-state index in [1.54, 1.807) is 17.4 Å². The Morgan fingerprint density at radius 2 is 1.75 bits per heavy atom. The summed E-state index contributed by atoms with van der Waals surface area (Å²) in [5.74, 6) is -1.29. The van der Waals surface area contributed by atoms with Gasteiger partial charge in [0.05, 0.1) is 17.6 Å². The number of methoxy groups -OCH3 is 1. The third-order valence-electron chi connectivity index (χ3n) is 3.32. The lowest BCUT2D eigenvalue weighted by atomic mass is 10.2. The Hall–Kier alpha value is -3.60. The molecular weight excluding hydrogens is 390 g/mol. The molecule has 3 amide bonds. The molecule has 0 spiro atoms. The lowest BCUT2D eigenvalue weighted by Crippen LogP contribution is -2.37. The number of nitrogens with one attached hydrogen (secondary N) is 2. The predicted octanol–water partition coefficient (Wildman–Crippen LogP) is 0.848. The second-order valence-corrected chi connectivity index (χ2v) is 7.03. The number of hydrogen-bond donors (Lipinski definition) is 3. The molecular formula is C17H17N3O7S. The van der Waals surface area contributed by atoms with Gasteiger partial charge in [0.25, 0.3) is 15.9 Å². The Kier molecular flexibility index (Phi) is 6.55. The number of amides is 3. The fourth-order valence-corrected chi connectivity index (χ4v) is 3.16. The van der Waals surface area contributed by atoms with Gasteiger partial charge in [0.2, 0.25) is 0 Å². The van der Waals surface area contributed by atoms with E-state index in [0.29, 0.717) is 11.4 Å². The van der Waals surface area contributed by atoms with E-state index in [1.807, 2.05) is 0 Å². The zero-order valence-electron chi connectivity index (χ0n) is 14.7. The highest BCUT2D eigenvalue weighted by atomic mass is 32.2. The van der Waals surface area contributed by atoms with Crippen LogP contribution in [0.5, 0.6) is 5.75 Å². The van der Waals surface area contributed by atoms with Crippen molar-refractivity contribution in [1.29, 1.82) is 0 Å². The number of ether oxygens (including phenoxy) is 2. The fraction of sp³-hybridized carbons (Fsp3) is 0.118. The molecule has 0 atom stereocenters. The number of urea groups is 1. The van der Waals surface area contributed by atoms with Gasteiger partial charge in [-0.15, -0.1) is 0 Å². The van der Waals surface area contributed by atoms with Gasteiger partial charge in [-0.3, -0.25) is 14.8 Å². The molecule has 0 aliphatic carbocycles. The van der Waals surface area contributed by atoms with Crippen molar-refractivity contribution < 1.29 is 32.3 Å². The fourth-order valence-electron chi connectivity index (χ4n) is 2.05. The maximum atomic E-state index is 12.5. The molecule has 4 N–H and O–H groups in total. The zero-order chi connectivity index (χ0) is 20.7. The first-order valence-electron chi connectivity index (χ1n) is 7.74. The molecule has 0 aliphatic heterocycles.